The van der Waals surface area contributed by atoms with Crippen molar-refractivity contribution in [2.24, 2.45) is 10.9 Å². The van der Waals surface area contributed by atoms with E-state index >= 15 is 0 Å². The van der Waals surface area contributed by atoms with Gasteiger partial charge in [0, 0.05) is 25.3 Å². The molecule has 0 aromatic heterocycles. The number of nitrogens with one attached hydrogen (secondary N) is 3. The van der Waals surface area contributed by atoms with E-state index in [9.17, 15) is 23.2 Å². The number of benzene rings is 3. The molecular formula is C31H34F2N4O5. The molecule has 3 amide bonds. The van der Waals surface area contributed by atoms with Gasteiger partial charge in [0.2, 0.25) is 0 Å². The summed E-state index contributed by atoms with van der Waals surface area (Å²) in [7, 11) is 0. The zero-order valence-corrected chi connectivity index (χ0v) is 23.7. The highest BCUT2D eigenvalue weighted by molar-refractivity contribution is 5.94. The van der Waals surface area contributed by atoms with Gasteiger partial charge in [0.25, 0.3) is 11.8 Å². The Balaban J connectivity index is 1.55. The summed E-state index contributed by atoms with van der Waals surface area (Å²) in [5, 5.41) is 7.64. The van der Waals surface area contributed by atoms with Gasteiger partial charge in [-0.05, 0) is 48.2 Å². The summed E-state index contributed by atoms with van der Waals surface area (Å²) >= 11 is 0. The van der Waals surface area contributed by atoms with Crippen molar-refractivity contribution in [3.05, 3.63) is 101 Å². The summed E-state index contributed by atoms with van der Waals surface area (Å²) in [6.45, 7) is 5.94. The summed E-state index contributed by atoms with van der Waals surface area (Å²) in [4.78, 5) is 41.1. The van der Waals surface area contributed by atoms with Crippen LogP contribution in [0.1, 0.15) is 53.9 Å². The Bertz CT molecular complexity index is 1360. The third-order valence-electron chi connectivity index (χ3n) is 5.86. The number of aliphatic imine (C=N–C) groups is 1. The van der Waals surface area contributed by atoms with Crippen LogP contribution in [0.25, 0.3) is 0 Å². The Kier molecular flexibility index (Phi) is 12.1. The number of nitrogens with zero attached hydrogens (tertiary/aromatic N) is 1. The van der Waals surface area contributed by atoms with Gasteiger partial charge in [-0.2, -0.15) is 0 Å². The van der Waals surface area contributed by atoms with E-state index in [4.69, 9.17) is 9.47 Å². The molecule has 3 N–H and O–H groups in total. The van der Waals surface area contributed by atoms with Gasteiger partial charge in [0.05, 0.1) is 17.6 Å². The van der Waals surface area contributed by atoms with Crippen molar-refractivity contribution >= 4 is 29.9 Å². The lowest BCUT2D eigenvalue weighted by Crippen LogP contribution is -2.32. The van der Waals surface area contributed by atoms with Crippen LogP contribution in [0.15, 0.2) is 71.7 Å². The Morgan fingerprint density at radius 3 is 2.21 bits per heavy atom. The first kappa shape index (κ1) is 31.9. The van der Waals surface area contributed by atoms with Crippen molar-refractivity contribution in [3.8, 4) is 0 Å². The Hall–Kier alpha value is -4.64. The second-order valence-electron chi connectivity index (χ2n) is 9.64. The molecule has 42 heavy (non-hydrogen) atoms. The molecule has 9 nitrogen and oxygen atoms in total. The Morgan fingerprint density at radius 1 is 0.929 bits per heavy atom. The number of hydrogen-bond acceptors (Lipinski definition) is 6. The van der Waals surface area contributed by atoms with Crippen molar-refractivity contribution in [1.29, 1.82) is 0 Å². The molecule has 222 valence electrons. The maximum absolute atomic E-state index is 15.0. The highest BCUT2D eigenvalue weighted by Gasteiger charge is 2.29. The van der Waals surface area contributed by atoms with E-state index in [2.05, 4.69) is 20.9 Å². The second-order valence-corrected chi connectivity index (χ2v) is 9.64. The van der Waals surface area contributed by atoms with E-state index in [1.54, 1.807) is 31.2 Å². The van der Waals surface area contributed by atoms with Crippen LogP contribution in [0.3, 0.4) is 0 Å². The van der Waals surface area contributed by atoms with E-state index < -0.39 is 41.2 Å². The first-order chi connectivity index (χ1) is 20.2. The Labute approximate surface area is 243 Å². The third kappa shape index (κ3) is 9.77. The molecule has 1 unspecified atom stereocenters. The molecule has 11 heteroatoms. The lowest BCUT2D eigenvalue weighted by Gasteiger charge is -2.19. The van der Waals surface area contributed by atoms with Gasteiger partial charge >= 0.3 is 6.09 Å². The molecule has 0 saturated carbocycles. The maximum Gasteiger partial charge on any atom is 0.412 e. The zero-order valence-electron chi connectivity index (χ0n) is 23.7. The third-order valence-corrected chi connectivity index (χ3v) is 5.86. The number of carbonyl (C=O) groups excluding carboxylic acids is 3. The number of amides is 3. The smallest absolute Gasteiger partial charge is 0.412 e. The number of alkyl carbamates (subject to hydrolysis) is 1. The highest BCUT2D eigenvalue weighted by atomic mass is 19.1. The molecule has 0 fully saturated rings. The van der Waals surface area contributed by atoms with Crippen LogP contribution < -0.4 is 16.0 Å². The standard InChI is InChI=1S/C31H34F2N4O5/c1-4-41-28(27-25(32)14-23(15-26(27)33)29(38)34-16-20(2)3)30(39)35-17-21-10-12-24(13-11-21)36-19-37-31(40)42-18-22-8-6-5-7-9-22/h5-15,19-20,28H,4,16-18H2,1-3H3,(H,34,38)(H,35,39)(H,36,37,40). The van der Waals surface area contributed by atoms with Crippen LogP contribution >= 0.6 is 0 Å². The van der Waals surface area contributed by atoms with E-state index in [-0.39, 0.29) is 31.2 Å². The Morgan fingerprint density at radius 2 is 1.60 bits per heavy atom. The van der Waals surface area contributed by atoms with Crippen LogP contribution in [0.5, 0.6) is 0 Å². The van der Waals surface area contributed by atoms with Gasteiger partial charge in [-0.3, -0.25) is 14.9 Å². The molecule has 0 spiro atoms. The minimum absolute atomic E-state index is 0.0220. The van der Waals surface area contributed by atoms with Gasteiger partial charge in [-0.25, -0.2) is 18.6 Å². The number of carbonyl (C=O) groups is 3. The van der Waals surface area contributed by atoms with E-state index in [1.165, 1.54) is 6.34 Å². The molecule has 3 rings (SSSR count). The van der Waals surface area contributed by atoms with E-state index in [0.717, 1.165) is 17.7 Å². The summed E-state index contributed by atoms with van der Waals surface area (Å²) in [5.41, 5.74) is 1.31. The van der Waals surface area contributed by atoms with Crippen molar-refractivity contribution in [2.45, 2.75) is 40.0 Å². The topological polar surface area (TPSA) is 118 Å². The molecule has 0 heterocycles. The molecule has 0 bridgehead atoms. The van der Waals surface area contributed by atoms with E-state index in [1.807, 2.05) is 44.2 Å². The maximum atomic E-state index is 15.0. The van der Waals surface area contributed by atoms with Crippen molar-refractivity contribution in [2.75, 3.05) is 13.2 Å². The normalized spacial score (nSPS) is 11.8. The molecule has 0 saturated heterocycles. The van der Waals surface area contributed by atoms with Crippen LogP contribution in [0, 0.1) is 17.6 Å². The average Bonchev–Trinajstić information content (AvgIpc) is 2.98. The monoisotopic (exact) mass is 580 g/mol. The fourth-order valence-electron chi connectivity index (χ4n) is 3.73. The highest BCUT2D eigenvalue weighted by Crippen LogP contribution is 2.26. The molecule has 0 aliphatic carbocycles. The summed E-state index contributed by atoms with van der Waals surface area (Å²) in [6.07, 6.45) is -0.999. The minimum atomic E-state index is -1.56. The number of rotatable bonds is 13. The predicted octanol–water partition coefficient (Wildman–Crippen LogP) is 5.33. The first-order valence-electron chi connectivity index (χ1n) is 13.4. The lowest BCUT2D eigenvalue weighted by atomic mass is 10.0. The van der Waals surface area contributed by atoms with Crippen molar-refractivity contribution in [3.63, 3.8) is 0 Å². The van der Waals surface area contributed by atoms with Crippen LogP contribution in [-0.4, -0.2) is 37.4 Å². The van der Waals surface area contributed by atoms with Gasteiger partial charge in [0.15, 0.2) is 6.10 Å². The fraction of sp³-hybridized carbons (Fsp3) is 0.290. The molecule has 3 aromatic rings. The minimum Gasteiger partial charge on any atom is -0.444 e. The summed E-state index contributed by atoms with van der Waals surface area (Å²) < 4.78 is 40.4. The molecule has 0 aliphatic heterocycles. The second kappa shape index (κ2) is 16.0. The molecule has 0 radical (unpaired) electrons. The molecule has 0 aliphatic rings. The van der Waals surface area contributed by atoms with Crippen molar-refractivity contribution in [1.82, 2.24) is 16.0 Å². The first-order valence-corrected chi connectivity index (χ1v) is 13.4. The quantitative estimate of drug-likeness (QED) is 0.187. The zero-order chi connectivity index (χ0) is 30.5. The average molecular weight is 581 g/mol. The SMILES string of the molecule is CCOC(C(=O)NCc1ccc(/N=C/NC(=O)OCc2ccccc2)cc1)c1c(F)cc(C(=O)NCC(C)C)cc1F. The number of halogens is 2. The molecule has 1 atom stereocenters. The van der Waals surface area contributed by atoms with Gasteiger partial charge in [0.1, 0.15) is 18.2 Å². The van der Waals surface area contributed by atoms with Gasteiger partial charge < -0.3 is 20.1 Å². The fourth-order valence-corrected chi connectivity index (χ4v) is 3.73. The van der Waals surface area contributed by atoms with E-state index in [0.29, 0.717) is 17.8 Å². The van der Waals surface area contributed by atoms with Crippen LogP contribution in [0.4, 0.5) is 19.3 Å². The van der Waals surface area contributed by atoms with Crippen LogP contribution in [-0.2, 0) is 27.4 Å². The largest absolute Gasteiger partial charge is 0.444 e. The summed E-state index contributed by atoms with van der Waals surface area (Å²) in [5.74, 6) is -3.31. The molecule has 3 aromatic carbocycles. The van der Waals surface area contributed by atoms with Crippen LogP contribution in [0.2, 0.25) is 0 Å². The van der Waals surface area contributed by atoms with Gasteiger partial charge in [-0.15, -0.1) is 0 Å². The number of hydrogen-bond donors (Lipinski definition) is 3. The predicted molar refractivity (Wildman–Crippen MR) is 154 cm³/mol. The summed E-state index contributed by atoms with van der Waals surface area (Å²) in [6, 6.07) is 17.8. The molecular weight excluding hydrogens is 546 g/mol. The lowest BCUT2D eigenvalue weighted by molar-refractivity contribution is -0.133. The van der Waals surface area contributed by atoms with Gasteiger partial charge in [-0.1, -0.05) is 56.3 Å². The van der Waals surface area contributed by atoms with Crippen molar-refractivity contribution < 1.29 is 32.6 Å². The number of ether oxygens (including phenoxy) is 2.